The van der Waals surface area contributed by atoms with E-state index in [-0.39, 0.29) is 35.7 Å². The number of nitrogens with one attached hydrogen (secondary N) is 1. The van der Waals surface area contributed by atoms with Crippen molar-refractivity contribution in [2.24, 2.45) is 13.0 Å². The van der Waals surface area contributed by atoms with Crippen molar-refractivity contribution in [1.29, 1.82) is 0 Å². The number of ketones is 1. The smallest absolute Gasteiger partial charge is 0.250 e. The van der Waals surface area contributed by atoms with Crippen molar-refractivity contribution in [2.75, 3.05) is 25.4 Å². The first-order chi connectivity index (χ1) is 17.0. The van der Waals surface area contributed by atoms with Gasteiger partial charge in [-0.3, -0.25) is 9.59 Å². The third-order valence-electron chi connectivity index (χ3n) is 6.68. The number of carbonyl (C=O) groups excluding carboxylic acids is 1. The second-order valence-electron chi connectivity index (χ2n) is 9.05. The van der Waals surface area contributed by atoms with Gasteiger partial charge in [0.25, 0.3) is 5.56 Å². The first-order valence-electron chi connectivity index (χ1n) is 12.0. The number of aromatic nitrogens is 1. The van der Waals surface area contributed by atoms with Crippen LogP contribution in [-0.4, -0.2) is 40.9 Å². The van der Waals surface area contributed by atoms with Gasteiger partial charge in [-0.1, -0.05) is 46.3 Å². The lowest BCUT2D eigenvalue weighted by atomic mass is 9.73. The van der Waals surface area contributed by atoms with Crippen LogP contribution in [0.5, 0.6) is 0 Å². The SMILES string of the molecule is Cn1ccc([C@H]2CCNC[C@@H]2C(=O)C(Cc2cc(Br)cc(SCCO)c2)c2ccccc2)cc1=O. The molecule has 3 atom stereocenters. The highest BCUT2D eigenvalue weighted by Crippen LogP contribution is 2.36. The van der Waals surface area contributed by atoms with E-state index in [9.17, 15) is 14.7 Å². The molecule has 2 heterocycles. The maximum absolute atomic E-state index is 14.2. The van der Waals surface area contributed by atoms with Crippen LogP contribution in [0.4, 0.5) is 0 Å². The number of hydrogen-bond acceptors (Lipinski definition) is 5. The van der Waals surface area contributed by atoms with Crippen molar-refractivity contribution < 1.29 is 9.90 Å². The van der Waals surface area contributed by atoms with Gasteiger partial charge in [0, 0.05) is 52.8 Å². The van der Waals surface area contributed by atoms with Gasteiger partial charge in [0.15, 0.2) is 0 Å². The summed E-state index contributed by atoms with van der Waals surface area (Å²) in [6.07, 6.45) is 3.21. The second kappa shape index (κ2) is 12.2. The number of halogens is 1. The standard InChI is InChI=1S/C28H31BrN2O3S/c1-31-10-8-21(16-27(31)33)24-7-9-30-18-26(24)28(34)25(20-5-3-2-4-6-20)15-19-13-22(29)17-23(14-19)35-12-11-32/h2-6,8,10,13-14,16-17,24-26,30,32H,7,9,11-12,15,18H2,1H3/t24-,25?,26+/m1/s1. The van der Waals surface area contributed by atoms with Crippen LogP contribution >= 0.6 is 27.7 Å². The van der Waals surface area contributed by atoms with Gasteiger partial charge >= 0.3 is 0 Å². The fraction of sp³-hybridized carbons (Fsp3) is 0.357. The van der Waals surface area contributed by atoms with Crippen LogP contribution < -0.4 is 10.9 Å². The van der Waals surface area contributed by atoms with Crippen molar-refractivity contribution in [3.8, 4) is 0 Å². The van der Waals surface area contributed by atoms with E-state index in [1.54, 1.807) is 35.6 Å². The van der Waals surface area contributed by atoms with E-state index < -0.39 is 0 Å². The second-order valence-corrected chi connectivity index (χ2v) is 11.1. The van der Waals surface area contributed by atoms with Gasteiger partial charge in [0.05, 0.1) is 6.61 Å². The molecular weight excluding hydrogens is 524 g/mol. The number of aryl methyl sites for hydroxylation is 1. The number of benzene rings is 2. The lowest BCUT2D eigenvalue weighted by Crippen LogP contribution is -2.42. The number of aliphatic hydroxyl groups excluding tert-OH is 1. The first kappa shape index (κ1) is 25.9. The maximum atomic E-state index is 14.2. The molecule has 1 aliphatic heterocycles. The third-order valence-corrected chi connectivity index (χ3v) is 8.09. The van der Waals surface area contributed by atoms with E-state index in [4.69, 9.17) is 0 Å². The van der Waals surface area contributed by atoms with Gasteiger partial charge in [-0.15, -0.1) is 11.8 Å². The van der Waals surface area contributed by atoms with Gasteiger partial charge in [-0.2, -0.15) is 0 Å². The highest BCUT2D eigenvalue weighted by atomic mass is 79.9. The summed E-state index contributed by atoms with van der Waals surface area (Å²) in [5, 5.41) is 12.6. The highest BCUT2D eigenvalue weighted by molar-refractivity contribution is 9.10. The monoisotopic (exact) mass is 554 g/mol. The van der Waals surface area contributed by atoms with Gasteiger partial charge in [0.1, 0.15) is 5.78 Å². The molecule has 35 heavy (non-hydrogen) atoms. The van der Waals surface area contributed by atoms with Crippen molar-refractivity contribution in [1.82, 2.24) is 9.88 Å². The molecule has 1 aromatic heterocycles. The van der Waals surface area contributed by atoms with E-state index in [1.807, 2.05) is 42.5 Å². The Hall–Kier alpha value is -2.19. The molecule has 0 bridgehead atoms. The lowest BCUT2D eigenvalue weighted by Gasteiger charge is -2.34. The fourth-order valence-electron chi connectivity index (χ4n) is 4.90. The molecule has 4 rings (SSSR count). The molecule has 0 saturated carbocycles. The third kappa shape index (κ3) is 6.53. The summed E-state index contributed by atoms with van der Waals surface area (Å²) >= 11 is 5.22. The maximum Gasteiger partial charge on any atom is 0.250 e. The summed E-state index contributed by atoms with van der Waals surface area (Å²) in [6.45, 7) is 1.56. The Balaban J connectivity index is 1.67. The zero-order valence-electron chi connectivity index (χ0n) is 19.8. The predicted molar refractivity (Wildman–Crippen MR) is 145 cm³/mol. The average Bonchev–Trinajstić information content (AvgIpc) is 2.87. The minimum absolute atomic E-state index is 0.0158. The van der Waals surface area contributed by atoms with Crippen LogP contribution in [0.25, 0.3) is 0 Å². The largest absolute Gasteiger partial charge is 0.396 e. The average molecular weight is 556 g/mol. The van der Waals surface area contributed by atoms with Crippen molar-refractivity contribution >= 4 is 33.5 Å². The molecule has 0 spiro atoms. The zero-order chi connectivity index (χ0) is 24.8. The molecule has 3 aromatic rings. The predicted octanol–water partition coefficient (Wildman–Crippen LogP) is 4.52. The number of rotatable bonds is 9. The summed E-state index contributed by atoms with van der Waals surface area (Å²) in [5.74, 6) is 0.348. The van der Waals surface area contributed by atoms with Crippen molar-refractivity contribution in [3.05, 3.63) is 98.4 Å². The summed E-state index contributed by atoms with van der Waals surface area (Å²) in [7, 11) is 1.74. The molecule has 1 aliphatic rings. The first-order valence-corrected chi connectivity index (χ1v) is 13.7. The van der Waals surface area contributed by atoms with E-state index in [1.165, 1.54) is 0 Å². The number of nitrogens with zero attached hydrogens (tertiary/aromatic N) is 1. The lowest BCUT2D eigenvalue weighted by molar-refractivity contribution is -0.125. The molecule has 2 N–H and O–H groups in total. The quantitative estimate of drug-likeness (QED) is 0.380. The molecule has 0 radical (unpaired) electrons. The topological polar surface area (TPSA) is 71.3 Å². The molecule has 2 aromatic carbocycles. The molecule has 5 nitrogen and oxygen atoms in total. The molecule has 184 valence electrons. The summed E-state index contributed by atoms with van der Waals surface area (Å²) < 4.78 is 2.53. The van der Waals surface area contributed by atoms with Crippen LogP contribution in [0.15, 0.2) is 81.0 Å². The van der Waals surface area contributed by atoms with Crippen molar-refractivity contribution in [3.63, 3.8) is 0 Å². The van der Waals surface area contributed by atoms with E-state index in [2.05, 4.69) is 33.4 Å². The Morgan fingerprint density at radius 3 is 2.74 bits per heavy atom. The number of pyridine rings is 1. The Kier molecular flexibility index (Phi) is 9.00. The number of thioether (sulfide) groups is 1. The fourth-order valence-corrected chi connectivity index (χ4v) is 6.36. The molecule has 0 amide bonds. The summed E-state index contributed by atoms with van der Waals surface area (Å²) in [6, 6.07) is 19.9. The number of aliphatic hydroxyl groups is 1. The van der Waals surface area contributed by atoms with Crippen LogP contribution in [0, 0.1) is 5.92 Å². The zero-order valence-corrected chi connectivity index (χ0v) is 22.2. The van der Waals surface area contributed by atoms with Crippen LogP contribution in [0.1, 0.15) is 34.9 Å². The van der Waals surface area contributed by atoms with E-state index in [0.717, 1.165) is 39.0 Å². The molecule has 1 unspecified atom stereocenters. The van der Waals surface area contributed by atoms with Gasteiger partial charge in [-0.25, -0.2) is 0 Å². The minimum atomic E-state index is -0.292. The summed E-state index contributed by atoms with van der Waals surface area (Å²) in [4.78, 5) is 27.6. The number of carbonyl (C=O) groups is 1. The number of hydrogen-bond donors (Lipinski definition) is 2. The Morgan fingerprint density at radius 2 is 2.00 bits per heavy atom. The highest BCUT2D eigenvalue weighted by Gasteiger charge is 2.36. The molecule has 7 heteroatoms. The Labute approximate surface area is 219 Å². The number of Topliss-reactive ketones (excluding diaryl/α,β-unsaturated/α-hetero) is 1. The van der Waals surface area contributed by atoms with E-state index >= 15 is 0 Å². The summed E-state index contributed by atoms with van der Waals surface area (Å²) in [5.41, 5.74) is 2.99. The van der Waals surface area contributed by atoms with Crippen LogP contribution in [-0.2, 0) is 18.3 Å². The Morgan fingerprint density at radius 1 is 1.20 bits per heavy atom. The van der Waals surface area contributed by atoms with Gasteiger partial charge < -0.3 is 15.0 Å². The minimum Gasteiger partial charge on any atom is -0.396 e. The van der Waals surface area contributed by atoms with Gasteiger partial charge in [0.2, 0.25) is 0 Å². The number of piperidine rings is 1. The molecule has 1 saturated heterocycles. The molecular formula is C28H31BrN2O3S. The molecule has 0 aliphatic carbocycles. The van der Waals surface area contributed by atoms with Crippen molar-refractivity contribution in [2.45, 2.75) is 29.6 Å². The van der Waals surface area contributed by atoms with E-state index in [0.29, 0.717) is 18.7 Å². The van der Waals surface area contributed by atoms with Crippen LogP contribution in [0.2, 0.25) is 0 Å². The normalized spacial score (nSPS) is 18.8. The molecule has 1 fully saturated rings. The van der Waals surface area contributed by atoms with Gasteiger partial charge in [-0.05, 0) is 66.3 Å². The van der Waals surface area contributed by atoms with Crippen LogP contribution in [0.3, 0.4) is 0 Å². The Bertz CT molecular complexity index is 1210.